The molecule has 1 heterocycles. The fourth-order valence-corrected chi connectivity index (χ4v) is 3.39. The zero-order chi connectivity index (χ0) is 19.2. The molecule has 0 bridgehead atoms. The van der Waals surface area contributed by atoms with Crippen molar-refractivity contribution in [2.75, 3.05) is 44.8 Å². The number of anilines is 1. The van der Waals surface area contributed by atoms with Gasteiger partial charge in [-0.25, -0.2) is 0 Å². The van der Waals surface area contributed by atoms with Gasteiger partial charge in [0.25, 0.3) is 0 Å². The lowest BCUT2D eigenvalue weighted by Gasteiger charge is -2.36. The maximum absolute atomic E-state index is 12.5. The molecular weight excluding hydrogens is 340 g/mol. The van der Waals surface area contributed by atoms with E-state index in [-0.39, 0.29) is 5.91 Å². The molecule has 2 aromatic rings. The van der Waals surface area contributed by atoms with Gasteiger partial charge in [0.2, 0.25) is 5.91 Å². The number of aryl methyl sites for hydroxylation is 2. The van der Waals surface area contributed by atoms with Crippen LogP contribution in [0.2, 0.25) is 0 Å². The van der Waals surface area contributed by atoms with Crippen molar-refractivity contribution in [3.05, 3.63) is 53.6 Å². The third kappa shape index (κ3) is 4.94. The van der Waals surface area contributed by atoms with Crippen LogP contribution in [0.25, 0.3) is 0 Å². The molecule has 5 nitrogen and oxygen atoms in total. The second-order valence-corrected chi connectivity index (χ2v) is 6.94. The minimum absolute atomic E-state index is 0.157. The molecule has 1 fully saturated rings. The van der Waals surface area contributed by atoms with E-state index in [9.17, 15) is 4.79 Å². The van der Waals surface area contributed by atoms with Gasteiger partial charge in [-0.2, -0.15) is 0 Å². The lowest BCUT2D eigenvalue weighted by atomic mass is 10.1. The Labute approximate surface area is 161 Å². The molecule has 3 rings (SSSR count). The summed E-state index contributed by atoms with van der Waals surface area (Å²) >= 11 is 0. The van der Waals surface area contributed by atoms with Crippen molar-refractivity contribution in [3.63, 3.8) is 0 Å². The van der Waals surface area contributed by atoms with Crippen LogP contribution in [-0.2, 0) is 4.79 Å². The van der Waals surface area contributed by atoms with Crippen LogP contribution in [0.5, 0.6) is 11.5 Å². The maximum atomic E-state index is 12.5. The third-order valence-corrected chi connectivity index (χ3v) is 4.95. The van der Waals surface area contributed by atoms with E-state index >= 15 is 0 Å². The van der Waals surface area contributed by atoms with Gasteiger partial charge < -0.3 is 19.3 Å². The van der Waals surface area contributed by atoms with E-state index in [2.05, 4.69) is 24.0 Å². The fourth-order valence-electron chi connectivity index (χ4n) is 3.39. The molecule has 1 aliphatic rings. The molecule has 0 saturated carbocycles. The number of nitrogens with zero attached hydrogens (tertiary/aromatic N) is 2. The van der Waals surface area contributed by atoms with Crippen molar-refractivity contribution in [2.45, 2.75) is 20.3 Å². The molecule has 2 aromatic carbocycles. The highest BCUT2D eigenvalue weighted by molar-refractivity contribution is 5.76. The second-order valence-electron chi connectivity index (χ2n) is 6.94. The number of benzene rings is 2. The SMILES string of the molecule is COc1cccc(N2CCN(C(=O)CCOc3ccc(C)cc3C)CC2)c1. The highest BCUT2D eigenvalue weighted by atomic mass is 16.5. The van der Waals surface area contributed by atoms with Crippen LogP contribution < -0.4 is 14.4 Å². The number of carbonyl (C=O) groups excluding carboxylic acids is 1. The van der Waals surface area contributed by atoms with Crippen molar-refractivity contribution in [1.82, 2.24) is 4.90 Å². The summed E-state index contributed by atoms with van der Waals surface area (Å²) in [5, 5.41) is 0. The van der Waals surface area contributed by atoms with Gasteiger partial charge >= 0.3 is 0 Å². The quantitative estimate of drug-likeness (QED) is 0.783. The Bertz CT molecular complexity index is 783. The summed E-state index contributed by atoms with van der Waals surface area (Å²) in [4.78, 5) is 16.7. The fraction of sp³-hybridized carbons (Fsp3) is 0.409. The van der Waals surface area contributed by atoms with Gasteiger partial charge in [0.15, 0.2) is 0 Å². The molecular formula is C22H28N2O3. The van der Waals surface area contributed by atoms with Crippen molar-refractivity contribution in [2.24, 2.45) is 0 Å². The molecule has 0 radical (unpaired) electrons. The van der Waals surface area contributed by atoms with E-state index in [1.165, 1.54) is 5.56 Å². The van der Waals surface area contributed by atoms with Crippen LogP contribution in [0, 0.1) is 13.8 Å². The monoisotopic (exact) mass is 368 g/mol. The number of methoxy groups -OCH3 is 1. The van der Waals surface area contributed by atoms with Crippen molar-refractivity contribution >= 4 is 11.6 Å². The molecule has 1 saturated heterocycles. The van der Waals surface area contributed by atoms with Gasteiger partial charge in [-0.15, -0.1) is 0 Å². The molecule has 1 aliphatic heterocycles. The second kappa shape index (κ2) is 8.80. The lowest BCUT2D eigenvalue weighted by molar-refractivity contribution is -0.132. The number of carbonyl (C=O) groups is 1. The van der Waals surface area contributed by atoms with E-state index in [1.54, 1.807) is 7.11 Å². The molecule has 144 valence electrons. The van der Waals surface area contributed by atoms with Gasteiger partial charge in [0.1, 0.15) is 11.5 Å². The largest absolute Gasteiger partial charge is 0.497 e. The van der Waals surface area contributed by atoms with Gasteiger partial charge in [-0.05, 0) is 37.6 Å². The molecule has 5 heteroatoms. The number of hydrogen-bond acceptors (Lipinski definition) is 4. The smallest absolute Gasteiger partial charge is 0.226 e. The van der Waals surface area contributed by atoms with Crippen LogP contribution in [0.3, 0.4) is 0 Å². The molecule has 0 aromatic heterocycles. The average Bonchev–Trinajstić information content (AvgIpc) is 2.69. The van der Waals surface area contributed by atoms with E-state index in [4.69, 9.17) is 9.47 Å². The van der Waals surface area contributed by atoms with Crippen molar-refractivity contribution in [1.29, 1.82) is 0 Å². The van der Waals surface area contributed by atoms with Crippen LogP contribution in [0.1, 0.15) is 17.5 Å². The zero-order valence-electron chi connectivity index (χ0n) is 16.4. The first-order valence-corrected chi connectivity index (χ1v) is 9.43. The first kappa shape index (κ1) is 19.1. The standard InChI is InChI=1S/C22H28N2O3/c1-17-7-8-21(18(2)15-17)27-14-9-22(25)24-12-10-23(11-13-24)19-5-4-6-20(16-19)26-3/h4-8,15-16H,9-14H2,1-3H3. The number of amides is 1. The Hall–Kier alpha value is -2.69. The number of piperazine rings is 1. The maximum Gasteiger partial charge on any atom is 0.226 e. The van der Waals surface area contributed by atoms with E-state index < -0.39 is 0 Å². The minimum atomic E-state index is 0.157. The number of hydrogen-bond donors (Lipinski definition) is 0. The van der Waals surface area contributed by atoms with Crippen LogP contribution in [0.4, 0.5) is 5.69 Å². The lowest BCUT2D eigenvalue weighted by Crippen LogP contribution is -2.49. The van der Waals surface area contributed by atoms with Crippen molar-refractivity contribution in [3.8, 4) is 11.5 Å². The van der Waals surface area contributed by atoms with Gasteiger partial charge in [-0.3, -0.25) is 4.79 Å². The Morgan fingerprint density at radius 2 is 1.81 bits per heavy atom. The van der Waals surface area contributed by atoms with E-state index in [1.807, 2.05) is 42.2 Å². The average molecular weight is 368 g/mol. The van der Waals surface area contributed by atoms with Crippen LogP contribution in [-0.4, -0.2) is 50.7 Å². The highest BCUT2D eigenvalue weighted by Gasteiger charge is 2.21. The zero-order valence-corrected chi connectivity index (χ0v) is 16.4. The Morgan fingerprint density at radius 1 is 1.04 bits per heavy atom. The topological polar surface area (TPSA) is 42.0 Å². The number of rotatable bonds is 6. The summed E-state index contributed by atoms with van der Waals surface area (Å²) < 4.78 is 11.1. The van der Waals surface area contributed by atoms with Gasteiger partial charge in [-0.1, -0.05) is 23.8 Å². The summed E-state index contributed by atoms with van der Waals surface area (Å²) in [6.07, 6.45) is 0.409. The van der Waals surface area contributed by atoms with Gasteiger partial charge in [0.05, 0.1) is 20.1 Å². The van der Waals surface area contributed by atoms with E-state index in [0.717, 1.165) is 48.9 Å². The molecule has 1 amide bonds. The Morgan fingerprint density at radius 3 is 2.52 bits per heavy atom. The molecule has 27 heavy (non-hydrogen) atoms. The highest BCUT2D eigenvalue weighted by Crippen LogP contribution is 2.22. The molecule has 0 N–H and O–H groups in total. The normalized spacial score (nSPS) is 14.2. The first-order chi connectivity index (χ1) is 13.1. The van der Waals surface area contributed by atoms with E-state index in [0.29, 0.717) is 13.0 Å². The summed E-state index contributed by atoms with van der Waals surface area (Å²) in [7, 11) is 1.68. The Balaban J connectivity index is 1.45. The van der Waals surface area contributed by atoms with Gasteiger partial charge in [0, 0.05) is 37.9 Å². The predicted octanol–water partition coefficient (Wildman–Crippen LogP) is 3.43. The first-order valence-electron chi connectivity index (χ1n) is 9.43. The molecule has 0 aliphatic carbocycles. The number of ether oxygens (including phenoxy) is 2. The predicted molar refractivity (Wildman–Crippen MR) is 108 cm³/mol. The summed E-state index contributed by atoms with van der Waals surface area (Å²) in [5.41, 5.74) is 3.46. The van der Waals surface area contributed by atoms with Crippen LogP contribution in [0.15, 0.2) is 42.5 Å². The molecule has 0 unspecified atom stereocenters. The van der Waals surface area contributed by atoms with Crippen molar-refractivity contribution < 1.29 is 14.3 Å². The minimum Gasteiger partial charge on any atom is -0.497 e. The molecule has 0 atom stereocenters. The molecule has 0 spiro atoms. The third-order valence-electron chi connectivity index (χ3n) is 4.95. The summed E-state index contributed by atoms with van der Waals surface area (Å²) in [6, 6.07) is 14.2. The van der Waals surface area contributed by atoms with Crippen LogP contribution >= 0.6 is 0 Å². The Kier molecular flexibility index (Phi) is 6.22. The summed E-state index contributed by atoms with van der Waals surface area (Å²) in [6.45, 7) is 7.64. The summed E-state index contributed by atoms with van der Waals surface area (Å²) in [5.74, 6) is 1.87.